The van der Waals surface area contributed by atoms with Gasteiger partial charge in [-0.1, -0.05) is 0 Å². The van der Waals surface area contributed by atoms with E-state index in [4.69, 9.17) is 0 Å². The highest BCUT2D eigenvalue weighted by atomic mass is 15.2. The van der Waals surface area contributed by atoms with Crippen LogP contribution < -0.4 is 5.32 Å². The van der Waals surface area contributed by atoms with E-state index in [1.54, 1.807) is 0 Å². The molecule has 2 atom stereocenters. The molecule has 0 aromatic carbocycles. The fourth-order valence-electron chi connectivity index (χ4n) is 3.10. The first-order chi connectivity index (χ1) is 9.04. The third-order valence-electron chi connectivity index (χ3n) is 4.36. The van der Waals surface area contributed by atoms with E-state index in [9.17, 15) is 0 Å². The van der Waals surface area contributed by atoms with Gasteiger partial charge < -0.3 is 20.0 Å². The van der Waals surface area contributed by atoms with E-state index in [2.05, 4.69) is 48.2 Å². The van der Waals surface area contributed by atoms with Crippen molar-refractivity contribution in [3.05, 3.63) is 0 Å². The molecule has 4 nitrogen and oxygen atoms in total. The highest BCUT2D eigenvalue weighted by Crippen LogP contribution is 2.14. The van der Waals surface area contributed by atoms with Crippen molar-refractivity contribution in [3.8, 4) is 0 Å². The van der Waals surface area contributed by atoms with Crippen molar-refractivity contribution in [2.24, 2.45) is 0 Å². The van der Waals surface area contributed by atoms with Crippen LogP contribution in [0, 0.1) is 0 Å². The Labute approximate surface area is 120 Å². The molecular weight excluding hydrogens is 236 g/mol. The van der Waals surface area contributed by atoms with Crippen molar-refractivity contribution in [1.82, 2.24) is 20.0 Å². The largest absolute Gasteiger partial charge is 0.318 e. The Kier molecular flexibility index (Phi) is 7.91. The molecule has 19 heavy (non-hydrogen) atoms. The van der Waals surface area contributed by atoms with Crippen LogP contribution >= 0.6 is 0 Å². The average Bonchev–Trinajstić information content (AvgIpc) is 2.91. The van der Waals surface area contributed by atoms with Gasteiger partial charge in [-0.2, -0.15) is 0 Å². The first-order valence-electron chi connectivity index (χ1n) is 7.74. The van der Waals surface area contributed by atoms with Crippen LogP contribution in [0.3, 0.4) is 0 Å². The van der Waals surface area contributed by atoms with Gasteiger partial charge in [0.05, 0.1) is 0 Å². The van der Waals surface area contributed by atoms with Crippen LogP contribution in [-0.4, -0.2) is 88.2 Å². The molecule has 0 bridgehead atoms. The van der Waals surface area contributed by atoms with Crippen LogP contribution in [0.25, 0.3) is 0 Å². The lowest BCUT2D eigenvalue weighted by atomic mass is 10.2. The lowest BCUT2D eigenvalue weighted by Gasteiger charge is -2.22. The van der Waals surface area contributed by atoms with Gasteiger partial charge in [0.25, 0.3) is 0 Å². The molecule has 2 aliphatic rings. The fourth-order valence-corrected chi connectivity index (χ4v) is 3.10. The quantitative estimate of drug-likeness (QED) is 0.821. The molecule has 0 aliphatic carbocycles. The Morgan fingerprint density at radius 3 is 1.89 bits per heavy atom. The Morgan fingerprint density at radius 1 is 1.00 bits per heavy atom. The second-order valence-corrected chi connectivity index (χ2v) is 6.37. The number of nitrogens with one attached hydrogen (secondary N) is 1. The van der Waals surface area contributed by atoms with Gasteiger partial charge in [0.2, 0.25) is 0 Å². The van der Waals surface area contributed by atoms with Gasteiger partial charge >= 0.3 is 0 Å². The molecule has 1 unspecified atom stereocenters. The molecule has 0 aromatic rings. The predicted molar refractivity (Wildman–Crippen MR) is 83.8 cm³/mol. The van der Waals surface area contributed by atoms with E-state index in [-0.39, 0.29) is 0 Å². The Hall–Kier alpha value is -0.160. The lowest BCUT2D eigenvalue weighted by Crippen LogP contribution is -2.34. The van der Waals surface area contributed by atoms with Gasteiger partial charge in [-0.3, -0.25) is 0 Å². The van der Waals surface area contributed by atoms with Gasteiger partial charge in [0.1, 0.15) is 0 Å². The summed E-state index contributed by atoms with van der Waals surface area (Å²) in [5.74, 6) is 0. The summed E-state index contributed by atoms with van der Waals surface area (Å²) in [6, 6.07) is 1.62. The van der Waals surface area contributed by atoms with E-state index in [0.29, 0.717) is 0 Å². The maximum atomic E-state index is 3.20. The molecule has 0 saturated carbocycles. The van der Waals surface area contributed by atoms with Gasteiger partial charge in [0.15, 0.2) is 0 Å². The Morgan fingerprint density at radius 2 is 1.53 bits per heavy atom. The van der Waals surface area contributed by atoms with Crippen molar-refractivity contribution < 1.29 is 0 Å². The van der Waals surface area contributed by atoms with Crippen molar-refractivity contribution in [2.45, 2.75) is 37.8 Å². The summed E-state index contributed by atoms with van der Waals surface area (Å²) in [5.41, 5.74) is 0. The van der Waals surface area contributed by atoms with Crippen molar-refractivity contribution >= 4 is 0 Å². The summed E-state index contributed by atoms with van der Waals surface area (Å²) in [5, 5.41) is 3.20. The summed E-state index contributed by atoms with van der Waals surface area (Å²) in [4.78, 5) is 7.16. The first-order valence-corrected chi connectivity index (χ1v) is 7.74. The second kappa shape index (κ2) is 8.90. The molecule has 2 heterocycles. The fraction of sp³-hybridized carbons (Fsp3) is 1.00. The number of hydrogen-bond acceptors (Lipinski definition) is 4. The summed E-state index contributed by atoms with van der Waals surface area (Å²) in [6.07, 6.45) is 5.52. The molecule has 0 aromatic heterocycles. The zero-order valence-electron chi connectivity index (χ0n) is 13.7. The zero-order chi connectivity index (χ0) is 14.3. The molecule has 0 spiro atoms. The van der Waals surface area contributed by atoms with Gasteiger partial charge in [-0.25, -0.2) is 0 Å². The van der Waals surface area contributed by atoms with Crippen LogP contribution in [0.5, 0.6) is 0 Å². The van der Waals surface area contributed by atoms with Crippen LogP contribution in [-0.2, 0) is 0 Å². The first kappa shape index (κ1) is 16.9. The summed E-state index contributed by atoms with van der Waals surface area (Å²) in [6.45, 7) is 4.94. The molecule has 2 fully saturated rings. The van der Waals surface area contributed by atoms with E-state index >= 15 is 0 Å². The summed E-state index contributed by atoms with van der Waals surface area (Å²) < 4.78 is 0. The van der Waals surface area contributed by atoms with E-state index < -0.39 is 0 Å². The Bertz CT molecular complexity index is 232. The van der Waals surface area contributed by atoms with Crippen molar-refractivity contribution in [1.29, 1.82) is 0 Å². The van der Waals surface area contributed by atoms with E-state index in [0.717, 1.165) is 18.6 Å². The predicted octanol–water partition coefficient (Wildman–Crippen LogP) is 0.942. The van der Waals surface area contributed by atoms with Crippen LogP contribution in [0.15, 0.2) is 0 Å². The SMILES string of the molecule is CN(C)C[C@H]1CCCN1C.CNCC1CCCN1C. The summed E-state index contributed by atoms with van der Waals surface area (Å²) in [7, 11) is 10.7. The number of likely N-dealkylation sites (N-methyl/N-ethyl adjacent to an activating group) is 4. The third kappa shape index (κ3) is 6.21. The molecule has 4 heteroatoms. The minimum atomic E-state index is 0.801. The van der Waals surface area contributed by atoms with E-state index in [1.165, 1.54) is 45.3 Å². The third-order valence-corrected chi connectivity index (χ3v) is 4.36. The van der Waals surface area contributed by atoms with Crippen LogP contribution in [0.4, 0.5) is 0 Å². The molecule has 0 amide bonds. The lowest BCUT2D eigenvalue weighted by molar-refractivity contribution is 0.244. The topological polar surface area (TPSA) is 21.8 Å². The van der Waals surface area contributed by atoms with Crippen LogP contribution in [0.1, 0.15) is 25.7 Å². The number of likely N-dealkylation sites (tertiary alicyclic amines) is 2. The standard InChI is InChI=1S/C8H18N2.C7H16N2/c1-9(2)7-8-5-4-6-10(8)3;1-8-6-7-4-3-5-9(7)2/h8H,4-7H2,1-3H3;7-8H,3-6H2,1-2H3/t8-;/m1./s1. The van der Waals surface area contributed by atoms with Crippen molar-refractivity contribution in [3.63, 3.8) is 0 Å². The second-order valence-electron chi connectivity index (χ2n) is 6.37. The monoisotopic (exact) mass is 270 g/mol. The average molecular weight is 270 g/mol. The summed E-state index contributed by atoms with van der Waals surface area (Å²) >= 11 is 0. The van der Waals surface area contributed by atoms with Gasteiger partial charge in [-0.15, -0.1) is 0 Å². The molecule has 2 rings (SSSR count). The molecule has 0 radical (unpaired) electrons. The maximum Gasteiger partial charge on any atom is 0.0220 e. The number of rotatable bonds is 4. The molecule has 2 aliphatic heterocycles. The Balaban J connectivity index is 0.000000191. The molecule has 2 saturated heterocycles. The van der Waals surface area contributed by atoms with Crippen LogP contribution in [0.2, 0.25) is 0 Å². The van der Waals surface area contributed by atoms with Gasteiger partial charge in [-0.05, 0) is 74.0 Å². The highest BCUT2D eigenvalue weighted by molar-refractivity contribution is 4.78. The number of nitrogens with zero attached hydrogens (tertiary/aromatic N) is 3. The van der Waals surface area contributed by atoms with Crippen molar-refractivity contribution in [2.75, 3.05) is 61.4 Å². The molecule has 1 N–H and O–H groups in total. The highest BCUT2D eigenvalue weighted by Gasteiger charge is 2.20. The maximum absolute atomic E-state index is 3.20. The number of hydrogen-bond donors (Lipinski definition) is 1. The smallest absolute Gasteiger partial charge is 0.0220 e. The minimum Gasteiger partial charge on any atom is -0.318 e. The normalized spacial score (nSPS) is 28.7. The van der Waals surface area contributed by atoms with E-state index in [1.807, 2.05) is 7.05 Å². The zero-order valence-corrected chi connectivity index (χ0v) is 13.7. The molecule has 114 valence electrons. The van der Waals surface area contributed by atoms with Gasteiger partial charge in [0, 0.05) is 25.2 Å². The minimum absolute atomic E-state index is 0.801. The molecular formula is C15H34N4.